The van der Waals surface area contributed by atoms with Crippen LogP contribution in [0.4, 0.5) is 5.82 Å². The number of nitrogens with zero attached hydrogens (tertiary/aromatic N) is 4. The second-order valence-electron chi connectivity index (χ2n) is 7.62. The van der Waals surface area contributed by atoms with Crippen LogP contribution in [-0.2, 0) is 17.6 Å². The number of aromatic nitrogens is 2. The van der Waals surface area contributed by atoms with E-state index in [1.807, 2.05) is 32.1 Å². The minimum atomic E-state index is 0.115. The standard InChI is InChI=1S/C19H27N5OS/c1-12(2)20-16(25)11-23-7-9-24(10-8-23)18-17-14-5-4-6-15(14)26-19(17)22-13(3)21-18/h12H,4-11H2,1-3H3,(H,20,25). The summed E-state index contributed by atoms with van der Waals surface area (Å²) >= 11 is 1.85. The van der Waals surface area contributed by atoms with E-state index in [0.29, 0.717) is 6.54 Å². The normalized spacial score (nSPS) is 17.9. The monoisotopic (exact) mass is 373 g/mol. The molecule has 0 bridgehead atoms. The van der Waals surface area contributed by atoms with E-state index in [1.165, 1.54) is 28.7 Å². The predicted octanol–water partition coefficient (Wildman–Crippen LogP) is 2.14. The molecule has 7 heteroatoms. The van der Waals surface area contributed by atoms with Gasteiger partial charge in [-0.1, -0.05) is 0 Å². The highest BCUT2D eigenvalue weighted by molar-refractivity contribution is 7.19. The maximum atomic E-state index is 12.0. The number of hydrogen-bond acceptors (Lipinski definition) is 6. The van der Waals surface area contributed by atoms with E-state index in [0.717, 1.165) is 49.1 Å². The summed E-state index contributed by atoms with van der Waals surface area (Å²) < 4.78 is 0. The third kappa shape index (κ3) is 3.42. The molecule has 1 fully saturated rings. The van der Waals surface area contributed by atoms with Gasteiger partial charge in [-0.2, -0.15) is 0 Å². The predicted molar refractivity (Wildman–Crippen MR) is 106 cm³/mol. The number of aryl methyl sites for hydroxylation is 3. The van der Waals surface area contributed by atoms with E-state index in [-0.39, 0.29) is 11.9 Å². The molecule has 0 unspecified atom stereocenters. The van der Waals surface area contributed by atoms with Crippen molar-refractivity contribution in [2.45, 2.75) is 46.1 Å². The molecule has 0 radical (unpaired) electrons. The number of anilines is 1. The summed E-state index contributed by atoms with van der Waals surface area (Å²) in [5, 5.41) is 4.27. The van der Waals surface area contributed by atoms with Crippen LogP contribution in [0.3, 0.4) is 0 Å². The molecule has 140 valence electrons. The van der Waals surface area contributed by atoms with Gasteiger partial charge >= 0.3 is 0 Å². The third-order valence-electron chi connectivity index (χ3n) is 5.15. The smallest absolute Gasteiger partial charge is 0.234 e. The van der Waals surface area contributed by atoms with E-state index in [9.17, 15) is 4.79 Å². The molecule has 0 spiro atoms. The topological polar surface area (TPSA) is 61.4 Å². The number of nitrogens with one attached hydrogen (secondary N) is 1. The van der Waals surface area contributed by atoms with Crippen LogP contribution in [0.5, 0.6) is 0 Å². The number of rotatable bonds is 4. The van der Waals surface area contributed by atoms with Gasteiger partial charge in [0, 0.05) is 37.1 Å². The van der Waals surface area contributed by atoms with Crippen molar-refractivity contribution >= 4 is 33.3 Å². The number of thiophene rings is 1. The van der Waals surface area contributed by atoms with Crippen molar-refractivity contribution in [3.63, 3.8) is 0 Å². The molecule has 1 N–H and O–H groups in total. The van der Waals surface area contributed by atoms with Crippen molar-refractivity contribution in [2.24, 2.45) is 0 Å². The molecule has 0 atom stereocenters. The van der Waals surface area contributed by atoms with Gasteiger partial charge in [0.15, 0.2) is 0 Å². The van der Waals surface area contributed by atoms with Gasteiger partial charge < -0.3 is 10.2 Å². The molecule has 4 rings (SSSR count). The molecule has 2 aromatic rings. The van der Waals surface area contributed by atoms with Crippen molar-refractivity contribution < 1.29 is 4.79 Å². The molecule has 2 aliphatic rings. The van der Waals surface area contributed by atoms with Crippen molar-refractivity contribution in [3.05, 3.63) is 16.3 Å². The van der Waals surface area contributed by atoms with Gasteiger partial charge in [-0.15, -0.1) is 11.3 Å². The van der Waals surface area contributed by atoms with E-state index >= 15 is 0 Å². The molecule has 2 aromatic heterocycles. The van der Waals surface area contributed by atoms with Gasteiger partial charge in [0.1, 0.15) is 16.5 Å². The molecule has 6 nitrogen and oxygen atoms in total. The lowest BCUT2D eigenvalue weighted by Gasteiger charge is -2.35. The van der Waals surface area contributed by atoms with Crippen molar-refractivity contribution in [1.29, 1.82) is 0 Å². The van der Waals surface area contributed by atoms with Gasteiger partial charge in [-0.25, -0.2) is 9.97 Å². The van der Waals surface area contributed by atoms with Gasteiger partial charge in [0.2, 0.25) is 5.91 Å². The maximum Gasteiger partial charge on any atom is 0.234 e. The van der Waals surface area contributed by atoms with E-state index < -0.39 is 0 Å². The summed E-state index contributed by atoms with van der Waals surface area (Å²) in [6.45, 7) is 10.1. The van der Waals surface area contributed by atoms with Crippen LogP contribution in [-0.4, -0.2) is 59.5 Å². The molecular weight excluding hydrogens is 346 g/mol. The molecule has 26 heavy (non-hydrogen) atoms. The number of fused-ring (bicyclic) bond motifs is 3. The van der Waals surface area contributed by atoms with Gasteiger partial charge in [0.25, 0.3) is 0 Å². The Morgan fingerprint density at radius 1 is 1.19 bits per heavy atom. The lowest BCUT2D eigenvalue weighted by molar-refractivity contribution is -0.122. The second-order valence-corrected chi connectivity index (χ2v) is 8.70. The summed E-state index contributed by atoms with van der Waals surface area (Å²) in [4.78, 5) is 28.8. The van der Waals surface area contributed by atoms with Crippen LogP contribution in [0.15, 0.2) is 0 Å². The number of amides is 1. The summed E-state index contributed by atoms with van der Waals surface area (Å²) in [5.74, 6) is 2.08. The Labute approximate surface area is 158 Å². The molecular formula is C19H27N5OS. The van der Waals surface area contributed by atoms with E-state index in [4.69, 9.17) is 9.97 Å². The van der Waals surface area contributed by atoms with Crippen molar-refractivity contribution in [1.82, 2.24) is 20.2 Å². The first kappa shape index (κ1) is 17.7. The quantitative estimate of drug-likeness (QED) is 0.890. The van der Waals surface area contributed by atoms with Gasteiger partial charge in [0.05, 0.1) is 11.9 Å². The van der Waals surface area contributed by atoms with Gasteiger partial charge in [-0.3, -0.25) is 9.69 Å². The largest absolute Gasteiger partial charge is 0.353 e. The summed E-state index contributed by atoms with van der Waals surface area (Å²) in [6, 6.07) is 0.196. The summed E-state index contributed by atoms with van der Waals surface area (Å²) in [6.07, 6.45) is 3.60. The molecule has 0 aromatic carbocycles. The lowest BCUT2D eigenvalue weighted by atomic mass is 10.1. The molecule has 1 aliphatic carbocycles. The lowest BCUT2D eigenvalue weighted by Crippen LogP contribution is -2.50. The first-order valence-corrected chi connectivity index (χ1v) is 10.4. The highest BCUT2D eigenvalue weighted by Crippen LogP contribution is 2.40. The number of hydrogen-bond donors (Lipinski definition) is 1. The van der Waals surface area contributed by atoms with Crippen LogP contribution in [0, 0.1) is 6.92 Å². The minimum absolute atomic E-state index is 0.115. The molecule has 1 amide bonds. The van der Waals surface area contributed by atoms with Crippen LogP contribution < -0.4 is 10.2 Å². The van der Waals surface area contributed by atoms with Crippen molar-refractivity contribution in [3.8, 4) is 0 Å². The Kier molecular flexibility index (Phi) is 4.84. The van der Waals surface area contributed by atoms with Gasteiger partial charge in [-0.05, 0) is 45.6 Å². The third-order valence-corrected chi connectivity index (χ3v) is 6.33. The van der Waals surface area contributed by atoms with E-state index in [1.54, 1.807) is 0 Å². The maximum absolute atomic E-state index is 12.0. The summed E-state index contributed by atoms with van der Waals surface area (Å²) in [5.41, 5.74) is 1.48. The zero-order valence-electron chi connectivity index (χ0n) is 15.8. The fourth-order valence-electron chi connectivity index (χ4n) is 4.00. The zero-order valence-corrected chi connectivity index (χ0v) is 16.7. The minimum Gasteiger partial charge on any atom is -0.353 e. The highest BCUT2D eigenvalue weighted by atomic mass is 32.1. The molecule has 1 aliphatic heterocycles. The zero-order chi connectivity index (χ0) is 18.3. The van der Waals surface area contributed by atoms with E-state index in [2.05, 4.69) is 15.1 Å². The van der Waals surface area contributed by atoms with Crippen LogP contribution in [0.2, 0.25) is 0 Å². The van der Waals surface area contributed by atoms with Crippen molar-refractivity contribution in [2.75, 3.05) is 37.6 Å². The first-order chi connectivity index (χ1) is 12.5. The second kappa shape index (κ2) is 7.12. The molecule has 1 saturated heterocycles. The Morgan fingerprint density at radius 2 is 1.96 bits per heavy atom. The SMILES string of the molecule is Cc1nc(N2CCN(CC(=O)NC(C)C)CC2)c2c3c(sc2n1)CCC3. The fourth-order valence-corrected chi connectivity index (χ4v) is 5.30. The Balaban J connectivity index is 1.50. The van der Waals surface area contributed by atoms with Crippen LogP contribution in [0.1, 0.15) is 36.5 Å². The number of carbonyl (C=O) groups excluding carboxylic acids is 1. The first-order valence-electron chi connectivity index (χ1n) is 9.57. The number of piperazine rings is 1. The molecule has 3 heterocycles. The molecule has 0 saturated carbocycles. The number of carbonyl (C=O) groups is 1. The Morgan fingerprint density at radius 3 is 2.69 bits per heavy atom. The van der Waals surface area contributed by atoms with Crippen LogP contribution >= 0.6 is 11.3 Å². The average Bonchev–Trinajstić information content (AvgIpc) is 3.14. The highest BCUT2D eigenvalue weighted by Gasteiger charge is 2.26. The summed E-state index contributed by atoms with van der Waals surface area (Å²) in [7, 11) is 0. The Hall–Kier alpha value is -1.73. The average molecular weight is 374 g/mol. The fraction of sp³-hybridized carbons (Fsp3) is 0.632. The van der Waals surface area contributed by atoms with Crippen LogP contribution in [0.25, 0.3) is 10.2 Å². The Bertz CT molecular complexity index is 823.